The van der Waals surface area contributed by atoms with Crippen molar-refractivity contribution in [1.29, 1.82) is 0 Å². The third-order valence-corrected chi connectivity index (χ3v) is 1.04. The van der Waals surface area contributed by atoms with Gasteiger partial charge in [0.15, 0.2) is 0 Å². The molecule has 0 saturated carbocycles. The standard InChI is InChI=1S/C4H9NO.C4H10O.C2H6/c1-4(6)5(2)3;1-3-5-4-2;1-2/h1-3H3;3-4H2,1-2H3;1-2H3. The van der Waals surface area contributed by atoms with E-state index >= 15 is 0 Å². The highest BCUT2D eigenvalue weighted by Crippen LogP contribution is 1.69. The zero-order valence-electron chi connectivity index (χ0n) is 10.2. The molecule has 3 heteroatoms. The minimum Gasteiger partial charge on any atom is -0.382 e. The van der Waals surface area contributed by atoms with Crippen molar-refractivity contribution >= 4 is 5.91 Å². The van der Waals surface area contributed by atoms with Gasteiger partial charge in [-0.3, -0.25) is 4.79 Å². The zero-order chi connectivity index (χ0) is 11.3. The molecule has 0 aromatic carbocycles. The van der Waals surface area contributed by atoms with E-state index in [0.29, 0.717) is 0 Å². The number of rotatable bonds is 2. The molecule has 0 rings (SSSR count). The van der Waals surface area contributed by atoms with Gasteiger partial charge < -0.3 is 9.64 Å². The molecule has 0 aromatic heterocycles. The Morgan fingerprint density at radius 2 is 1.38 bits per heavy atom. The molecular formula is C10H25NO2. The second-order valence-electron chi connectivity index (χ2n) is 2.19. The Balaban J connectivity index is -0.000000131. The number of carbonyl (C=O) groups excluding carboxylic acids is 1. The van der Waals surface area contributed by atoms with Crippen LogP contribution in [0, 0.1) is 0 Å². The van der Waals surface area contributed by atoms with Crippen molar-refractivity contribution in [1.82, 2.24) is 4.90 Å². The maximum absolute atomic E-state index is 10.1. The van der Waals surface area contributed by atoms with E-state index in [9.17, 15) is 4.79 Å². The Labute approximate surface area is 83.1 Å². The van der Waals surface area contributed by atoms with Gasteiger partial charge in [0, 0.05) is 34.2 Å². The lowest BCUT2D eigenvalue weighted by Crippen LogP contribution is -2.17. The summed E-state index contributed by atoms with van der Waals surface area (Å²) >= 11 is 0. The number of carbonyl (C=O) groups is 1. The highest BCUT2D eigenvalue weighted by molar-refractivity contribution is 5.72. The van der Waals surface area contributed by atoms with Crippen molar-refractivity contribution in [2.75, 3.05) is 27.3 Å². The third-order valence-electron chi connectivity index (χ3n) is 1.04. The van der Waals surface area contributed by atoms with Gasteiger partial charge in [0.25, 0.3) is 0 Å². The summed E-state index contributed by atoms with van der Waals surface area (Å²) in [6.07, 6.45) is 0. The highest BCUT2D eigenvalue weighted by Gasteiger charge is 1.87. The van der Waals surface area contributed by atoms with Gasteiger partial charge in [-0.25, -0.2) is 0 Å². The van der Waals surface area contributed by atoms with Gasteiger partial charge in [0.1, 0.15) is 0 Å². The molecule has 0 radical (unpaired) electrons. The number of amides is 1. The van der Waals surface area contributed by atoms with Crippen LogP contribution in [0.1, 0.15) is 34.6 Å². The van der Waals surface area contributed by atoms with Crippen LogP contribution in [-0.2, 0) is 9.53 Å². The summed E-state index contributed by atoms with van der Waals surface area (Å²) < 4.78 is 4.83. The molecule has 0 fully saturated rings. The first kappa shape index (κ1) is 18.3. The molecule has 0 aromatic rings. The Hall–Kier alpha value is -0.570. The summed E-state index contributed by atoms with van der Waals surface area (Å²) in [5, 5.41) is 0. The molecule has 0 unspecified atom stereocenters. The van der Waals surface area contributed by atoms with Crippen LogP contribution in [0.25, 0.3) is 0 Å². The molecule has 0 aliphatic rings. The predicted octanol–water partition coefficient (Wildman–Crippen LogP) is 2.16. The smallest absolute Gasteiger partial charge is 0.218 e. The highest BCUT2D eigenvalue weighted by atomic mass is 16.5. The number of hydrogen-bond acceptors (Lipinski definition) is 2. The van der Waals surface area contributed by atoms with Crippen molar-refractivity contribution in [2.45, 2.75) is 34.6 Å². The molecule has 0 heterocycles. The van der Waals surface area contributed by atoms with E-state index in [2.05, 4.69) is 0 Å². The first-order chi connectivity index (χ1) is 6.06. The molecule has 13 heavy (non-hydrogen) atoms. The second-order valence-corrected chi connectivity index (χ2v) is 2.19. The monoisotopic (exact) mass is 191 g/mol. The summed E-state index contributed by atoms with van der Waals surface area (Å²) in [5.41, 5.74) is 0. The molecule has 82 valence electrons. The van der Waals surface area contributed by atoms with Crippen LogP contribution in [0.2, 0.25) is 0 Å². The topological polar surface area (TPSA) is 29.5 Å². The molecule has 0 aliphatic heterocycles. The van der Waals surface area contributed by atoms with Crippen LogP contribution in [0.3, 0.4) is 0 Å². The maximum atomic E-state index is 10.1. The van der Waals surface area contributed by atoms with Gasteiger partial charge in [-0.05, 0) is 13.8 Å². The van der Waals surface area contributed by atoms with Gasteiger partial charge in [-0.15, -0.1) is 0 Å². The lowest BCUT2D eigenvalue weighted by atomic mass is 10.7. The van der Waals surface area contributed by atoms with Gasteiger partial charge in [0.2, 0.25) is 5.91 Å². The fourth-order valence-corrected chi connectivity index (χ4v) is 0.204. The summed E-state index contributed by atoms with van der Waals surface area (Å²) in [6.45, 7) is 11.2. The number of hydrogen-bond donors (Lipinski definition) is 0. The molecule has 0 N–H and O–H groups in total. The first-order valence-electron chi connectivity index (χ1n) is 4.81. The summed E-state index contributed by atoms with van der Waals surface area (Å²) in [4.78, 5) is 11.6. The van der Waals surface area contributed by atoms with Gasteiger partial charge in [-0.1, -0.05) is 13.8 Å². The molecule has 0 atom stereocenters. The molecular weight excluding hydrogens is 166 g/mol. The molecule has 3 nitrogen and oxygen atoms in total. The fraction of sp³-hybridized carbons (Fsp3) is 0.900. The van der Waals surface area contributed by atoms with Crippen LogP contribution in [0.4, 0.5) is 0 Å². The average molecular weight is 191 g/mol. The van der Waals surface area contributed by atoms with Crippen LogP contribution >= 0.6 is 0 Å². The normalized spacial score (nSPS) is 7.31. The maximum Gasteiger partial charge on any atom is 0.218 e. The van der Waals surface area contributed by atoms with E-state index in [1.54, 1.807) is 14.1 Å². The van der Waals surface area contributed by atoms with Crippen LogP contribution < -0.4 is 0 Å². The Morgan fingerprint density at radius 1 is 1.15 bits per heavy atom. The quantitative estimate of drug-likeness (QED) is 0.669. The van der Waals surface area contributed by atoms with Crippen molar-refractivity contribution in [2.24, 2.45) is 0 Å². The summed E-state index contributed by atoms with van der Waals surface area (Å²) in [7, 11) is 3.45. The van der Waals surface area contributed by atoms with E-state index in [1.807, 2.05) is 27.7 Å². The van der Waals surface area contributed by atoms with Crippen LogP contribution in [-0.4, -0.2) is 38.1 Å². The molecule has 1 amide bonds. The summed E-state index contributed by atoms with van der Waals surface area (Å²) in [5.74, 6) is 0.0926. The van der Waals surface area contributed by atoms with Gasteiger partial charge in [0.05, 0.1) is 0 Å². The molecule has 0 spiro atoms. The lowest BCUT2D eigenvalue weighted by Gasteiger charge is -2.02. The lowest BCUT2D eigenvalue weighted by molar-refractivity contribution is -0.126. The van der Waals surface area contributed by atoms with Crippen molar-refractivity contribution in [3.8, 4) is 0 Å². The zero-order valence-corrected chi connectivity index (χ0v) is 10.2. The van der Waals surface area contributed by atoms with Gasteiger partial charge >= 0.3 is 0 Å². The Bertz CT molecular complexity index is 90.9. The van der Waals surface area contributed by atoms with Crippen LogP contribution in [0.5, 0.6) is 0 Å². The van der Waals surface area contributed by atoms with Gasteiger partial charge in [-0.2, -0.15) is 0 Å². The van der Waals surface area contributed by atoms with E-state index in [0.717, 1.165) is 13.2 Å². The van der Waals surface area contributed by atoms with E-state index < -0.39 is 0 Å². The van der Waals surface area contributed by atoms with E-state index in [1.165, 1.54) is 11.8 Å². The molecule has 0 bridgehead atoms. The number of ether oxygens (including phenoxy) is 1. The third kappa shape index (κ3) is 34.5. The SMILES string of the molecule is CC.CC(=O)N(C)C.CCOCC. The first-order valence-corrected chi connectivity index (χ1v) is 4.81. The predicted molar refractivity (Wildman–Crippen MR) is 57.9 cm³/mol. The molecule has 0 aliphatic carbocycles. The van der Waals surface area contributed by atoms with Crippen molar-refractivity contribution < 1.29 is 9.53 Å². The molecule has 0 saturated heterocycles. The second kappa shape index (κ2) is 17.5. The van der Waals surface area contributed by atoms with E-state index in [-0.39, 0.29) is 5.91 Å². The number of nitrogens with zero attached hydrogens (tertiary/aromatic N) is 1. The van der Waals surface area contributed by atoms with Crippen molar-refractivity contribution in [3.63, 3.8) is 0 Å². The fourth-order valence-electron chi connectivity index (χ4n) is 0.204. The largest absolute Gasteiger partial charge is 0.382 e. The summed E-state index contributed by atoms with van der Waals surface area (Å²) in [6, 6.07) is 0. The van der Waals surface area contributed by atoms with Crippen LogP contribution in [0.15, 0.2) is 0 Å². The van der Waals surface area contributed by atoms with Crippen molar-refractivity contribution in [3.05, 3.63) is 0 Å². The minimum atomic E-state index is 0.0926. The minimum absolute atomic E-state index is 0.0926. The Kier molecular flexibility index (Phi) is 24.6. The average Bonchev–Trinajstić information content (AvgIpc) is 2.10. The van der Waals surface area contributed by atoms with E-state index in [4.69, 9.17) is 4.74 Å². The Morgan fingerprint density at radius 3 is 1.38 bits per heavy atom.